The van der Waals surface area contributed by atoms with Gasteiger partial charge in [-0.25, -0.2) is 8.78 Å². The molecule has 0 fully saturated rings. The van der Waals surface area contributed by atoms with Gasteiger partial charge in [0.15, 0.2) is 0 Å². The zero-order valence-corrected chi connectivity index (χ0v) is 9.91. The van der Waals surface area contributed by atoms with Gasteiger partial charge in [0, 0.05) is 19.2 Å². The van der Waals surface area contributed by atoms with Crippen molar-refractivity contribution in [3.05, 3.63) is 35.4 Å². The van der Waals surface area contributed by atoms with E-state index in [1.54, 1.807) is 7.05 Å². The molecule has 0 heterocycles. The molecule has 3 nitrogen and oxygen atoms in total. The average Bonchev–Trinajstić information content (AvgIpc) is 2.24. The zero-order chi connectivity index (χ0) is 12.8. The molecule has 2 unspecified atom stereocenters. The predicted octanol–water partition coefficient (Wildman–Crippen LogP) is 1.10. The molecule has 0 aliphatic carbocycles. The number of likely N-dealkylation sites (N-methyl/N-ethyl adjacent to an activating group) is 1. The summed E-state index contributed by atoms with van der Waals surface area (Å²) in [6.07, 6.45) is -0.397. The summed E-state index contributed by atoms with van der Waals surface area (Å²) in [6.45, 7) is 0.170. The van der Waals surface area contributed by atoms with Crippen molar-refractivity contribution in [3.63, 3.8) is 0 Å². The SMILES string of the molecule is CNC(Cc1cc(F)cc(F)c1)C(O)COC. The van der Waals surface area contributed by atoms with E-state index in [0.29, 0.717) is 12.0 Å². The molecule has 2 atom stereocenters. The fourth-order valence-electron chi connectivity index (χ4n) is 1.70. The van der Waals surface area contributed by atoms with Crippen LogP contribution < -0.4 is 5.32 Å². The largest absolute Gasteiger partial charge is 0.389 e. The van der Waals surface area contributed by atoms with Crippen molar-refractivity contribution in [2.24, 2.45) is 0 Å². The van der Waals surface area contributed by atoms with Crippen LogP contribution in [0, 0.1) is 11.6 Å². The van der Waals surface area contributed by atoms with Crippen LogP contribution in [0.4, 0.5) is 8.78 Å². The van der Waals surface area contributed by atoms with Crippen molar-refractivity contribution < 1.29 is 18.6 Å². The van der Waals surface area contributed by atoms with E-state index in [9.17, 15) is 13.9 Å². The van der Waals surface area contributed by atoms with E-state index >= 15 is 0 Å². The number of methoxy groups -OCH3 is 1. The summed E-state index contributed by atoms with van der Waals surface area (Å²) < 4.78 is 30.8. The minimum absolute atomic E-state index is 0.170. The van der Waals surface area contributed by atoms with Gasteiger partial charge in [-0.2, -0.15) is 0 Å². The van der Waals surface area contributed by atoms with Crippen molar-refractivity contribution in [1.82, 2.24) is 5.32 Å². The first-order chi connectivity index (χ1) is 8.06. The predicted molar refractivity (Wildman–Crippen MR) is 60.8 cm³/mol. The van der Waals surface area contributed by atoms with Gasteiger partial charge < -0.3 is 15.2 Å². The Morgan fingerprint density at radius 1 is 1.29 bits per heavy atom. The summed E-state index contributed by atoms with van der Waals surface area (Å²) in [4.78, 5) is 0. The number of hydrogen-bond donors (Lipinski definition) is 2. The molecule has 0 spiro atoms. The smallest absolute Gasteiger partial charge is 0.126 e. The number of halogens is 2. The second-order valence-electron chi connectivity index (χ2n) is 3.90. The van der Waals surface area contributed by atoms with Crippen LogP contribution in [0.3, 0.4) is 0 Å². The first-order valence-corrected chi connectivity index (χ1v) is 5.36. The van der Waals surface area contributed by atoms with Crippen LogP contribution in [0.1, 0.15) is 5.56 Å². The molecule has 1 aromatic carbocycles. The highest BCUT2D eigenvalue weighted by molar-refractivity contribution is 5.19. The van der Waals surface area contributed by atoms with Crippen LogP contribution in [0.25, 0.3) is 0 Å². The quantitative estimate of drug-likeness (QED) is 0.788. The number of ether oxygens (including phenoxy) is 1. The Morgan fingerprint density at radius 2 is 1.88 bits per heavy atom. The molecule has 0 saturated heterocycles. The first-order valence-electron chi connectivity index (χ1n) is 5.36. The number of aliphatic hydroxyl groups excluding tert-OH is 1. The van der Waals surface area contributed by atoms with Gasteiger partial charge in [0.25, 0.3) is 0 Å². The van der Waals surface area contributed by atoms with E-state index in [4.69, 9.17) is 4.74 Å². The van der Waals surface area contributed by atoms with Crippen LogP contribution in [-0.4, -0.2) is 38.0 Å². The van der Waals surface area contributed by atoms with Crippen LogP contribution in [0.5, 0.6) is 0 Å². The molecule has 2 N–H and O–H groups in total. The third kappa shape index (κ3) is 4.38. The topological polar surface area (TPSA) is 41.5 Å². The van der Waals surface area contributed by atoms with Gasteiger partial charge in [-0.05, 0) is 31.2 Å². The summed E-state index contributed by atoms with van der Waals surface area (Å²) in [5, 5.41) is 12.6. The second kappa shape index (κ2) is 6.64. The third-order valence-corrected chi connectivity index (χ3v) is 2.55. The lowest BCUT2D eigenvalue weighted by molar-refractivity contribution is 0.0407. The fourth-order valence-corrected chi connectivity index (χ4v) is 1.70. The van der Waals surface area contributed by atoms with Crippen molar-refractivity contribution >= 4 is 0 Å². The molecule has 0 amide bonds. The van der Waals surface area contributed by atoms with Crippen molar-refractivity contribution in [2.75, 3.05) is 20.8 Å². The van der Waals surface area contributed by atoms with Crippen molar-refractivity contribution in [3.8, 4) is 0 Å². The molecule has 0 radical (unpaired) electrons. The Morgan fingerprint density at radius 3 is 2.35 bits per heavy atom. The summed E-state index contributed by atoms with van der Waals surface area (Å²) in [5.74, 6) is -1.23. The molecule has 5 heteroatoms. The number of hydrogen-bond acceptors (Lipinski definition) is 3. The Balaban J connectivity index is 2.73. The molecule has 0 aliphatic rings. The van der Waals surface area contributed by atoms with Crippen LogP contribution in [0.15, 0.2) is 18.2 Å². The van der Waals surface area contributed by atoms with Gasteiger partial charge in [0.05, 0.1) is 12.7 Å². The van der Waals surface area contributed by atoms with Gasteiger partial charge in [-0.15, -0.1) is 0 Å². The monoisotopic (exact) mass is 245 g/mol. The first kappa shape index (κ1) is 14.0. The van der Waals surface area contributed by atoms with Gasteiger partial charge in [-0.3, -0.25) is 0 Å². The van der Waals surface area contributed by atoms with E-state index in [-0.39, 0.29) is 12.6 Å². The zero-order valence-electron chi connectivity index (χ0n) is 9.91. The molecule has 0 saturated carbocycles. The summed E-state index contributed by atoms with van der Waals surface area (Å²) in [5.41, 5.74) is 0.497. The van der Waals surface area contributed by atoms with E-state index in [1.165, 1.54) is 19.2 Å². The number of nitrogens with one attached hydrogen (secondary N) is 1. The molecular weight excluding hydrogens is 228 g/mol. The Labute approximate surface area is 99.4 Å². The molecule has 0 aromatic heterocycles. The molecule has 1 rings (SSSR count). The lowest BCUT2D eigenvalue weighted by atomic mass is 10.0. The number of rotatable bonds is 6. The highest BCUT2D eigenvalue weighted by atomic mass is 19.1. The highest BCUT2D eigenvalue weighted by Gasteiger charge is 2.18. The second-order valence-corrected chi connectivity index (χ2v) is 3.90. The van der Waals surface area contributed by atoms with Gasteiger partial charge >= 0.3 is 0 Å². The summed E-state index contributed by atoms with van der Waals surface area (Å²) >= 11 is 0. The Hall–Kier alpha value is -1.04. The van der Waals surface area contributed by atoms with Crippen molar-refractivity contribution in [2.45, 2.75) is 18.6 Å². The number of benzene rings is 1. The van der Waals surface area contributed by atoms with Crippen LogP contribution in [-0.2, 0) is 11.2 Å². The normalized spacial score (nSPS) is 14.6. The van der Waals surface area contributed by atoms with E-state index < -0.39 is 17.7 Å². The maximum Gasteiger partial charge on any atom is 0.126 e. The molecular formula is C12H17F2NO2. The van der Waals surface area contributed by atoms with Crippen LogP contribution in [0.2, 0.25) is 0 Å². The minimum Gasteiger partial charge on any atom is -0.389 e. The Bertz CT molecular complexity index is 340. The van der Waals surface area contributed by atoms with Crippen molar-refractivity contribution in [1.29, 1.82) is 0 Å². The molecule has 96 valence electrons. The molecule has 17 heavy (non-hydrogen) atoms. The molecule has 1 aromatic rings. The van der Waals surface area contributed by atoms with E-state index in [0.717, 1.165) is 6.07 Å². The summed E-state index contributed by atoms with van der Waals surface area (Å²) in [6, 6.07) is 3.03. The molecule has 0 aliphatic heterocycles. The highest BCUT2D eigenvalue weighted by Crippen LogP contribution is 2.11. The van der Waals surface area contributed by atoms with E-state index in [1.807, 2.05) is 0 Å². The van der Waals surface area contributed by atoms with Gasteiger partial charge in [0.2, 0.25) is 0 Å². The minimum atomic E-state index is -0.726. The average molecular weight is 245 g/mol. The van der Waals surface area contributed by atoms with Gasteiger partial charge in [0.1, 0.15) is 11.6 Å². The van der Waals surface area contributed by atoms with Gasteiger partial charge in [-0.1, -0.05) is 0 Å². The fraction of sp³-hybridized carbons (Fsp3) is 0.500. The summed E-state index contributed by atoms with van der Waals surface area (Å²) in [7, 11) is 3.16. The maximum absolute atomic E-state index is 13.0. The van der Waals surface area contributed by atoms with E-state index in [2.05, 4.69) is 5.32 Å². The third-order valence-electron chi connectivity index (χ3n) is 2.55. The van der Waals surface area contributed by atoms with Crippen LogP contribution >= 0.6 is 0 Å². The standard InChI is InChI=1S/C12H17F2NO2/c1-15-11(12(16)7-17-2)5-8-3-9(13)6-10(14)4-8/h3-4,6,11-12,15-16H,5,7H2,1-2H3. The lowest BCUT2D eigenvalue weighted by Crippen LogP contribution is -2.41. The number of aliphatic hydroxyl groups is 1. The lowest BCUT2D eigenvalue weighted by Gasteiger charge is -2.22. The maximum atomic E-state index is 13.0. The molecule has 0 bridgehead atoms. The Kier molecular flexibility index (Phi) is 5.47.